The fourth-order valence-electron chi connectivity index (χ4n) is 2.77. The van der Waals surface area contributed by atoms with E-state index in [2.05, 4.69) is 31.8 Å². The maximum atomic E-state index is 11.1. The van der Waals surface area contributed by atoms with E-state index in [1.54, 1.807) is 0 Å². The lowest BCUT2D eigenvalue weighted by atomic mass is 9.60. The lowest BCUT2D eigenvalue weighted by Crippen LogP contribution is -2.40. The Hall–Kier alpha value is -2.27. The highest BCUT2D eigenvalue weighted by Gasteiger charge is 2.49. The summed E-state index contributed by atoms with van der Waals surface area (Å²) in [6.45, 7) is 6.31. The maximum absolute atomic E-state index is 11.1. The van der Waals surface area contributed by atoms with Crippen molar-refractivity contribution in [1.82, 2.24) is 0 Å². The van der Waals surface area contributed by atoms with Crippen molar-refractivity contribution < 1.29 is 0 Å². The largest absolute Gasteiger partial charge is 0.498 e. The number of nitrogens with zero attached hydrogens (tertiary/aromatic N) is 1. The molecule has 0 radical (unpaired) electrons. The molecule has 0 bridgehead atoms. The molecule has 0 spiro atoms. The van der Waals surface area contributed by atoms with Crippen LogP contribution in [0.15, 0.2) is 60.7 Å². The zero-order valence-corrected chi connectivity index (χ0v) is 12.1. The summed E-state index contributed by atoms with van der Waals surface area (Å²) in [5, 5.41) is 14.1. The van der Waals surface area contributed by atoms with Gasteiger partial charge in [-0.3, -0.25) is 0 Å². The van der Waals surface area contributed by atoms with Crippen molar-refractivity contribution in [3.63, 3.8) is 0 Å². The highest BCUT2D eigenvalue weighted by Crippen LogP contribution is 2.46. The third-order valence-corrected chi connectivity index (χ3v) is 3.75. The first-order valence-corrected chi connectivity index (χ1v) is 6.73. The molecular weight excluding hydrogens is 246 g/mol. The van der Waals surface area contributed by atoms with Gasteiger partial charge in [-0.25, -0.2) is 0 Å². The van der Waals surface area contributed by atoms with E-state index in [0.717, 1.165) is 11.1 Å². The smallest absolute Gasteiger partial charge is 0.315 e. The first kappa shape index (κ1) is 14.1. The molecule has 20 heavy (non-hydrogen) atoms. The van der Waals surface area contributed by atoms with Crippen molar-refractivity contribution in [2.45, 2.75) is 26.2 Å². The van der Waals surface area contributed by atoms with Crippen LogP contribution >= 0.6 is 0 Å². The summed E-state index contributed by atoms with van der Waals surface area (Å²) in [6.07, 6.45) is 0. The summed E-state index contributed by atoms with van der Waals surface area (Å²) in [5.41, 5.74) is 1.16. The van der Waals surface area contributed by atoms with Crippen LogP contribution in [0, 0.1) is 16.7 Å². The molecule has 0 heterocycles. The Labute approximate surface area is 120 Å². The quantitative estimate of drug-likeness (QED) is 0.713. The van der Waals surface area contributed by atoms with Gasteiger partial charge in [-0.15, -0.1) is 0 Å². The number of hydrogen-bond donors (Lipinski definition) is 0. The lowest BCUT2D eigenvalue weighted by molar-refractivity contribution is 0.291. The zero-order valence-electron chi connectivity index (χ0n) is 12.1. The van der Waals surface area contributed by atoms with Crippen molar-refractivity contribution in [3.05, 3.63) is 82.0 Å². The van der Waals surface area contributed by atoms with Crippen LogP contribution in [0.3, 0.4) is 0 Å². The van der Waals surface area contributed by atoms with Crippen molar-refractivity contribution in [2.24, 2.45) is 5.41 Å². The molecule has 0 aliphatic heterocycles. The van der Waals surface area contributed by atoms with Gasteiger partial charge in [-0.05, 0) is 16.5 Å². The van der Waals surface area contributed by atoms with Gasteiger partial charge in [0, 0.05) is 5.01 Å². The van der Waals surface area contributed by atoms with E-state index in [4.69, 9.17) is 0 Å². The van der Waals surface area contributed by atoms with Crippen LogP contribution in [-0.4, -0.2) is 0 Å². The second-order valence-corrected chi connectivity index (χ2v) is 5.94. The normalized spacial score (nSPS) is 11.6. The molecule has 0 N–H and O–H groups in total. The van der Waals surface area contributed by atoms with Crippen LogP contribution < -0.4 is 0 Å². The fraction of sp³-hybridized carbons (Fsp3) is 0.278. The van der Waals surface area contributed by atoms with E-state index in [1.807, 2.05) is 60.7 Å². The predicted octanol–water partition coefficient (Wildman–Crippen LogP) is 4.85. The Morgan fingerprint density at radius 2 is 1.20 bits per heavy atom. The number of rotatable bonds is 2. The molecular formula is C18H19NO. The zero-order chi connectivity index (χ0) is 14.6. The van der Waals surface area contributed by atoms with Crippen LogP contribution in [0.2, 0.25) is 0 Å². The maximum Gasteiger partial charge on any atom is 0.315 e. The SMILES string of the molecule is CC(C)(C)C(C#[N+][O-])(c1ccccc1)c1ccccc1. The molecule has 0 fully saturated rings. The summed E-state index contributed by atoms with van der Waals surface area (Å²) < 4.78 is 0. The van der Waals surface area contributed by atoms with Crippen molar-refractivity contribution in [2.75, 3.05) is 0 Å². The monoisotopic (exact) mass is 265 g/mol. The van der Waals surface area contributed by atoms with Gasteiger partial charge in [0.05, 0.1) is 0 Å². The third-order valence-electron chi connectivity index (χ3n) is 3.75. The molecule has 2 rings (SSSR count). The van der Waals surface area contributed by atoms with E-state index < -0.39 is 5.41 Å². The van der Waals surface area contributed by atoms with Crippen molar-refractivity contribution in [3.8, 4) is 6.07 Å². The highest BCUT2D eigenvalue weighted by molar-refractivity contribution is 5.49. The van der Waals surface area contributed by atoms with Crippen molar-refractivity contribution >= 4 is 0 Å². The second-order valence-electron chi connectivity index (χ2n) is 5.94. The Balaban J connectivity index is 2.80. The fourth-order valence-corrected chi connectivity index (χ4v) is 2.77. The van der Waals surface area contributed by atoms with Crippen molar-refractivity contribution in [1.29, 1.82) is 0 Å². The molecule has 2 heteroatoms. The third kappa shape index (κ3) is 2.28. The Morgan fingerprint density at radius 1 is 0.800 bits per heavy atom. The molecule has 2 nitrogen and oxygen atoms in total. The van der Waals surface area contributed by atoms with Gasteiger partial charge in [0.25, 0.3) is 0 Å². The summed E-state index contributed by atoms with van der Waals surface area (Å²) in [4.78, 5) is 0. The average Bonchev–Trinajstić information content (AvgIpc) is 2.45. The lowest BCUT2D eigenvalue weighted by Gasteiger charge is -2.37. The minimum atomic E-state index is -0.655. The van der Waals surface area contributed by atoms with Gasteiger partial charge >= 0.3 is 6.07 Å². The molecule has 0 unspecified atom stereocenters. The molecule has 0 saturated carbocycles. The van der Waals surface area contributed by atoms with Crippen LogP contribution in [0.5, 0.6) is 0 Å². The molecule has 0 atom stereocenters. The minimum absolute atomic E-state index is 0.233. The molecule has 102 valence electrons. The van der Waals surface area contributed by atoms with E-state index in [0.29, 0.717) is 0 Å². The second kappa shape index (κ2) is 5.38. The van der Waals surface area contributed by atoms with E-state index in [-0.39, 0.29) is 5.41 Å². The van der Waals surface area contributed by atoms with E-state index >= 15 is 0 Å². The Morgan fingerprint density at radius 3 is 1.50 bits per heavy atom. The first-order chi connectivity index (χ1) is 9.52. The van der Waals surface area contributed by atoms with Crippen LogP contribution in [0.1, 0.15) is 31.9 Å². The van der Waals surface area contributed by atoms with Gasteiger partial charge in [0.15, 0.2) is 5.41 Å². The average molecular weight is 265 g/mol. The highest BCUT2D eigenvalue weighted by atomic mass is 16.4. The molecule has 0 aromatic heterocycles. The van der Waals surface area contributed by atoms with Gasteiger partial charge in [-0.1, -0.05) is 81.4 Å². The summed E-state index contributed by atoms with van der Waals surface area (Å²) in [7, 11) is 0. The van der Waals surface area contributed by atoms with Gasteiger partial charge < -0.3 is 5.21 Å². The Bertz CT molecular complexity index is 576. The molecule has 2 aromatic rings. The van der Waals surface area contributed by atoms with Crippen LogP contribution in [-0.2, 0) is 5.41 Å². The molecule has 2 aromatic carbocycles. The van der Waals surface area contributed by atoms with Crippen LogP contribution in [0.4, 0.5) is 0 Å². The number of benzene rings is 2. The van der Waals surface area contributed by atoms with E-state index in [1.165, 1.54) is 0 Å². The minimum Gasteiger partial charge on any atom is -0.498 e. The van der Waals surface area contributed by atoms with E-state index in [9.17, 15) is 5.21 Å². The van der Waals surface area contributed by atoms with Crippen LogP contribution in [0.25, 0.3) is 5.01 Å². The van der Waals surface area contributed by atoms with Gasteiger partial charge in [0.1, 0.15) is 0 Å². The molecule has 0 amide bonds. The summed E-state index contributed by atoms with van der Waals surface area (Å²) in [6, 6.07) is 22.8. The predicted molar refractivity (Wildman–Crippen MR) is 83.7 cm³/mol. The van der Waals surface area contributed by atoms with Gasteiger partial charge in [-0.2, -0.15) is 0 Å². The topological polar surface area (TPSA) is 27.4 Å². The van der Waals surface area contributed by atoms with Gasteiger partial charge in [0.2, 0.25) is 0 Å². The molecule has 0 aliphatic rings. The molecule has 0 aliphatic carbocycles. The summed E-state index contributed by atoms with van der Waals surface area (Å²) >= 11 is 0. The summed E-state index contributed by atoms with van der Waals surface area (Å²) in [5.74, 6) is 0. The number of hydrogen-bond acceptors (Lipinski definition) is 1. The molecule has 0 saturated heterocycles. The Kier molecular flexibility index (Phi) is 3.81. The standard InChI is InChI=1S/C18H19NO/c1-17(2,3)18(14-19-20,15-10-6-4-7-11-15)16-12-8-5-9-13-16/h4-13H,1-3H3. The first-order valence-electron chi connectivity index (χ1n) is 6.73.